The lowest BCUT2D eigenvalue weighted by Gasteiger charge is -2.46. The molecule has 35 heavy (non-hydrogen) atoms. The highest BCUT2D eigenvalue weighted by Gasteiger charge is 2.38. The smallest absolute Gasteiger partial charge is 0.0688 e. The number of aliphatic imine (C=N–C) groups is 1. The van der Waals surface area contributed by atoms with Gasteiger partial charge >= 0.3 is 0 Å². The number of halogens is 1. The number of piperidine rings is 1. The van der Waals surface area contributed by atoms with Crippen LogP contribution in [-0.2, 0) is 0 Å². The molecule has 1 N–H and O–H groups in total. The summed E-state index contributed by atoms with van der Waals surface area (Å²) in [7, 11) is 0. The summed E-state index contributed by atoms with van der Waals surface area (Å²) in [6.45, 7) is 17.8. The van der Waals surface area contributed by atoms with E-state index in [1.54, 1.807) is 0 Å². The number of dihydropyridines is 1. The maximum Gasteiger partial charge on any atom is 0.0688 e. The van der Waals surface area contributed by atoms with Gasteiger partial charge in [-0.15, -0.1) is 11.6 Å². The Bertz CT molecular complexity index is 778. The molecule has 0 amide bonds. The van der Waals surface area contributed by atoms with Gasteiger partial charge in [0.2, 0.25) is 0 Å². The first kappa shape index (κ1) is 27.1. The van der Waals surface area contributed by atoms with Gasteiger partial charge in [0.1, 0.15) is 0 Å². The Morgan fingerprint density at radius 3 is 2.54 bits per heavy atom. The van der Waals surface area contributed by atoms with Gasteiger partial charge in [-0.05, 0) is 74.6 Å². The van der Waals surface area contributed by atoms with Gasteiger partial charge in [0.05, 0.1) is 11.4 Å². The fourth-order valence-electron chi connectivity index (χ4n) is 6.39. The zero-order chi connectivity index (χ0) is 24.8. The molecular formula is C30H49ClN4. The van der Waals surface area contributed by atoms with Crippen molar-refractivity contribution in [3.05, 3.63) is 36.0 Å². The number of nitrogens with one attached hydrogen (secondary N) is 1. The van der Waals surface area contributed by atoms with Crippen molar-refractivity contribution in [2.24, 2.45) is 28.2 Å². The minimum absolute atomic E-state index is 0.171. The highest BCUT2D eigenvalue weighted by atomic mass is 35.5. The molecule has 4 rings (SSSR count). The lowest BCUT2D eigenvalue weighted by atomic mass is 9.69. The first-order valence-corrected chi connectivity index (χ1v) is 14.7. The van der Waals surface area contributed by atoms with Crippen LogP contribution in [0, 0.1) is 23.2 Å². The van der Waals surface area contributed by atoms with Gasteiger partial charge in [0.25, 0.3) is 0 Å². The first-order chi connectivity index (χ1) is 16.8. The van der Waals surface area contributed by atoms with Crippen molar-refractivity contribution >= 4 is 17.8 Å². The fraction of sp³-hybridized carbons (Fsp3) is 0.767. The van der Waals surface area contributed by atoms with E-state index in [4.69, 9.17) is 16.6 Å². The van der Waals surface area contributed by atoms with E-state index in [2.05, 4.69) is 79.4 Å². The lowest BCUT2D eigenvalue weighted by Crippen LogP contribution is -2.52. The Balaban J connectivity index is 1.22. The van der Waals surface area contributed by atoms with Crippen LogP contribution < -0.4 is 5.32 Å². The molecule has 3 unspecified atom stereocenters. The van der Waals surface area contributed by atoms with Crippen LogP contribution in [0.4, 0.5) is 0 Å². The number of rotatable bonds is 10. The zero-order valence-corrected chi connectivity index (χ0v) is 23.4. The molecule has 4 aliphatic rings. The van der Waals surface area contributed by atoms with Crippen molar-refractivity contribution in [3.63, 3.8) is 0 Å². The van der Waals surface area contributed by atoms with Gasteiger partial charge in [-0.2, -0.15) is 0 Å². The molecule has 196 valence electrons. The normalized spacial score (nSPS) is 32.3. The van der Waals surface area contributed by atoms with Gasteiger partial charge in [-0.25, -0.2) is 0 Å². The third-order valence-corrected chi connectivity index (χ3v) is 8.98. The summed E-state index contributed by atoms with van der Waals surface area (Å²) in [5.41, 5.74) is 1.78. The molecule has 3 aliphatic heterocycles. The van der Waals surface area contributed by atoms with Crippen LogP contribution in [-0.4, -0.2) is 79.3 Å². The molecule has 0 radical (unpaired) electrons. The molecule has 4 nitrogen and oxygen atoms in total. The highest BCUT2D eigenvalue weighted by molar-refractivity contribution is 6.22. The minimum atomic E-state index is 0.171. The monoisotopic (exact) mass is 500 g/mol. The van der Waals surface area contributed by atoms with Crippen LogP contribution in [0.5, 0.6) is 0 Å². The second-order valence-electron chi connectivity index (χ2n) is 12.4. The van der Waals surface area contributed by atoms with E-state index >= 15 is 0 Å². The summed E-state index contributed by atoms with van der Waals surface area (Å²) >= 11 is 6.27. The maximum atomic E-state index is 6.27. The quantitative estimate of drug-likeness (QED) is 0.315. The number of nitrogens with zero attached hydrogens (tertiary/aromatic N) is 3. The molecule has 0 bridgehead atoms. The summed E-state index contributed by atoms with van der Waals surface area (Å²) < 4.78 is 0. The van der Waals surface area contributed by atoms with E-state index in [1.807, 2.05) is 0 Å². The van der Waals surface area contributed by atoms with Crippen LogP contribution in [0.3, 0.4) is 0 Å². The number of alkyl halides is 1. The summed E-state index contributed by atoms with van der Waals surface area (Å²) in [6.07, 6.45) is 19.9. The van der Waals surface area contributed by atoms with E-state index in [1.165, 1.54) is 51.0 Å². The van der Waals surface area contributed by atoms with Crippen molar-refractivity contribution in [2.45, 2.75) is 77.3 Å². The standard InChI is InChI=1S/C30H49ClN4/c1-23(2)29(33-20-24-7-12-27(32-19-24)13-17-34-15-5-6-16-34)21-35-18-14-28(30(3,4)22-35)25-8-10-26(31)11-9-25/h7-10,12,19,23-24,26-29,33H,5-6,11,13-18,20-22H2,1-4H3/t24?,26?,27?,28-,29+/m1/s1. The molecule has 0 aromatic carbocycles. The lowest BCUT2D eigenvalue weighted by molar-refractivity contribution is 0.0631. The van der Waals surface area contributed by atoms with Gasteiger partial charge < -0.3 is 15.1 Å². The van der Waals surface area contributed by atoms with Crippen LogP contribution >= 0.6 is 11.6 Å². The predicted octanol–water partition coefficient (Wildman–Crippen LogP) is 5.55. The average Bonchev–Trinajstić information content (AvgIpc) is 3.35. The molecule has 2 saturated heterocycles. The van der Waals surface area contributed by atoms with Gasteiger partial charge in [0, 0.05) is 44.4 Å². The first-order valence-electron chi connectivity index (χ1n) is 14.2. The summed E-state index contributed by atoms with van der Waals surface area (Å²) in [6, 6.07) is 0.878. The van der Waals surface area contributed by atoms with Crippen molar-refractivity contribution < 1.29 is 0 Å². The Morgan fingerprint density at radius 2 is 1.91 bits per heavy atom. The van der Waals surface area contributed by atoms with Gasteiger partial charge in [0.15, 0.2) is 0 Å². The highest BCUT2D eigenvalue weighted by Crippen LogP contribution is 2.41. The zero-order valence-electron chi connectivity index (χ0n) is 22.6. The molecule has 0 saturated carbocycles. The van der Waals surface area contributed by atoms with E-state index in [-0.39, 0.29) is 10.8 Å². The third kappa shape index (κ3) is 7.77. The maximum absolute atomic E-state index is 6.27. The molecule has 2 fully saturated rings. The Hall–Kier alpha value is -0.940. The van der Waals surface area contributed by atoms with E-state index in [9.17, 15) is 0 Å². The van der Waals surface area contributed by atoms with E-state index in [0.29, 0.717) is 29.8 Å². The topological polar surface area (TPSA) is 30.9 Å². The average molecular weight is 501 g/mol. The molecule has 5 heteroatoms. The second-order valence-corrected chi connectivity index (χ2v) is 13.0. The fourth-order valence-corrected chi connectivity index (χ4v) is 6.55. The van der Waals surface area contributed by atoms with Crippen LogP contribution in [0.15, 0.2) is 40.9 Å². The Kier molecular flexibility index (Phi) is 9.71. The van der Waals surface area contributed by atoms with Crippen LogP contribution in [0.1, 0.15) is 59.8 Å². The van der Waals surface area contributed by atoms with E-state index in [0.717, 1.165) is 32.5 Å². The predicted molar refractivity (Wildman–Crippen MR) is 152 cm³/mol. The van der Waals surface area contributed by atoms with Gasteiger partial charge in [-0.1, -0.05) is 58.1 Å². The van der Waals surface area contributed by atoms with Crippen molar-refractivity contribution in [1.29, 1.82) is 0 Å². The number of allylic oxidation sites excluding steroid dienone is 4. The molecule has 0 aromatic heterocycles. The van der Waals surface area contributed by atoms with Crippen molar-refractivity contribution in [1.82, 2.24) is 15.1 Å². The van der Waals surface area contributed by atoms with Crippen LogP contribution in [0.25, 0.3) is 0 Å². The molecule has 5 atom stereocenters. The molecule has 3 heterocycles. The SMILES string of the molecule is CC(C)[C@H](CN1CC[C@H](C2=CCC(Cl)C=C2)C(C)(C)C1)NCC1C=CC(CCN2CCCC2)N=C1. The number of hydrogen-bond acceptors (Lipinski definition) is 4. The van der Waals surface area contributed by atoms with Crippen molar-refractivity contribution in [2.75, 3.05) is 45.8 Å². The Morgan fingerprint density at radius 1 is 1.11 bits per heavy atom. The Labute approximate surface area is 219 Å². The molecule has 1 aliphatic carbocycles. The minimum Gasteiger partial charge on any atom is -0.311 e. The van der Waals surface area contributed by atoms with Gasteiger partial charge in [-0.3, -0.25) is 4.99 Å². The summed E-state index contributed by atoms with van der Waals surface area (Å²) in [5, 5.41) is 4.08. The van der Waals surface area contributed by atoms with E-state index < -0.39 is 0 Å². The second kappa shape index (κ2) is 12.5. The summed E-state index contributed by atoms with van der Waals surface area (Å²) in [4.78, 5) is 10.2. The summed E-state index contributed by atoms with van der Waals surface area (Å²) in [5.74, 6) is 1.65. The molecule has 0 aromatic rings. The molecular weight excluding hydrogens is 452 g/mol. The van der Waals surface area contributed by atoms with Crippen LogP contribution in [0.2, 0.25) is 0 Å². The largest absolute Gasteiger partial charge is 0.311 e. The number of likely N-dealkylation sites (tertiary alicyclic amines) is 2. The van der Waals surface area contributed by atoms with Crippen molar-refractivity contribution in [3.8, 4) is 0 Å². The molecule has 0 spiro atoms. The number of hydrogen-bond donors (Lipinski definition) is 1. The third-order valence-electron chi connectivity index (χ3n) is 8.65.